The normalized spacial score (nSPS) is 11.9. The fourth-order valence-corrected chi connectivity index (χ4v) is 4.46. The molecule has 0 saturated carbocycles. The molecule has 1 atom stereocenters. The second-order valence-electron chi connectivity index (χ2n) is 6.12. The van der Waals surface area contributed by atoms with Crippen LogP contribution in [0.2, 0.25) is 0 Å². The fourth-order valence-electron chi connectivity index (χ4n) is 2.56. The van der Waals surface area contributed by atoms with E-state index in [1.54, 1.807) is 11.8 Å². The van der Waals surface area contributed by atoms with Crippen LogP contribution in [0.1, 0.15) is 18.3 Å². The van der Waals surface area contributed by atoms with Gasteiger partial charge in [0, 0.05) is 7.05 Å². The van der Waals surface area contributed by atoms with E-state index in [1.807, 2.05) is 52.1 Å². The fraction of sp³-hybridized carbons (Fsp3) is 0.333. The molecule has 28 heavy (non-hydrogen) atoms. The number of methoxy groups -OCH3 is 1. The summed E-state index contributed by atoms with van der Waals surface area (Å²) in [6, 6.07) is 7.59. The third-order valence-electron chi connectivity index (χ3n) is 4.16. The van der Waals surface area contributed by atoms with E-state index in [1.165, 1.54) is 23.1 Å². The second-order valence-corrected chi connectivity index (χ2v) is 8.68. The topological polar surface area (TPSA) is 94.0 Å². The predicted octanol–water partition coefficient (Wildman–Crippen LogP) is 3.76. The minimum Gasteiger partial charge on any atom is -0.495 e. The average molecular weight is 419 g/mol. The lowest BCUT2D eigenvalue weighted by Gasteiger charge is -2.10. The number of amides is 1. The molecule has 2 aromatic heterocycles. The van der Waals surface area contributed by atoms with Crippen molar-refractivity contribution >= 4 is 45.5 Å². The molecule has 0 aliphatic heterocycles. The van der Waals surface area contributed by atoms with Gasteiger partial charge in [0.25, 0.3) is 0 Å². The van der Waals surface area contributed by atoms with Gasteiger partial charge in [-0.05, 0) is 32.9 Å². The van der Waals surface area contributed by atoms with E-state index in [0.29, 0.717) is 9.47 Å². The molecular weight excluding hydrogens is 396 g/mol. The van der Waals surface area contributed by atoms with Crippen molar-refractivity contribution in [2.45, 2.75) is 30.4 Å². The number of aromatic nitrogens is 4. The van der Waals surface area contributed by atoms with Crippen molar-refractivity contribution in [3.05, 3.63) is 35.7 Å². The maximum Gasteiger partial charge on any atom is 0.237 e. The zero-order chi connectivity index (χ0) is 20.3. The van der Waals surface area contributed by atoms with Gasteiger partial charge in [0.15, 0.2) is 4.34 Å². The van der Waals surface area contributed by atoms with Crippen LogP contribution in [0.25, 0.3) is 0 Å². The van der Waals surface area contributed by atoms with Gasteiger partial charge in [-0.3, -0.25) is 9.48 Å². The summed E-state index contributed by atoms with van der Waals surface area (Å²) in [5.41, 5.74) is 3.29. The van der Waals surface area contributed by atoms with Gasteiger partial charge in [-0.25, -0.2) is 0 Å². The van der Waals surface area contributed by atoms with E-state index < -0.39 is 0 Å². The van der Waals surface area contributed by atoms with Gasteiger partial charge in [0.2, 0.25) is 11.0 Å². The van der Waals surface area contributed by atoms with Gasteiger partial charge >= 0.3 is 0 Å². The first-order valence-corrected chi connectivity index (χ1v) is 10.3. The Morgan fingerprint density at radius 1 is 1.29 bits per heavy atom. The maximum atomic E-state index is 12.6. The lowest BCUT2D eigenvalue weighted by molar-refractivity contribution is -0.115. The van der Waals surface area contributed by atoms with Crippen molar-refractivity contribution < 1.29 is 9.53 Å². The number of hydrogen-bond donors (Lipinski definition) is 2. The summed E-state index contributed by atoms with van der Waals surface area (Å²) in [6.45, 7) is 5.64. The molecule has 1 amide bonds. The van der Waals surface area contributed by atoms with Crippen molar-refractivity contribution in [3.8, 4) is 5.75 Å². The summed E-state index contributed by atoms with van der Waals surface area (Å²) < 4.78 is 7.79. The van der Waals surface area contributed by atoms with E-state index in [2.05, 4.69) is 25.9 Å². The Kier molecular flexibility index (Phi) is 6.20. The van der Waals surface area contributed by atoms with Crippen molar-refractivity contribution in [1.29, 1.82) is 0 Å². The van der Waals surface area contributed by atoms with Crippen LogP contribution in [0.4, 0.5) is 16.5 Å². The van der Waals surface area contributed by atoms with E-state index in [0.717, 1.165) is 28.5 Å². The molecule has 0 aliphatic rings. The van der Waals surface area contributed by atoms with Crippen LogP contribution < -0.4 is 15.4 Å². The molecule has 10 heteroatoms. The number of benzene rings is 1. The molecule has 8 nitrogen and oxygen atoms in total. The summed E-state index contributed by atoms with van der Waals surface area (Å²) in [6.07, 6.45) is 0. The highest BCUT2D eigenvalue weighted by molar-refractivity contribution is 8.02. The summed E-state index contributed by atoms with van der Waals surface area (Å²) in [5.74, 6) is 0.625. The minimum absolute atomic E-state index is 0.0985. The Morgan fingerprint density at radius 2 is 2.04 bits per heavy atom. The molecule has 0 unspecified atom stereocenters. The molecular formula is C18H22N6O2S2. The molecule has 2 N–H and O–H groups in total. The molecule has 0 spiro atoms. The molecule has 3 rings (SSSR count). The Labute approximate surface area is 171 Å². The number of ether oxygens (including phenoxy) is 1. The van der Waals surface area contributed by atoms with Gasteiger partial charge in [0.1, 0.15) is 5.75 Å². The summed E-state index contributed by atoms with van der Waals surface area (Å²) in [7, 11) is 3.47. The molecule has 0 saturated heterocycles. The Morgan fingerprint density at radius 3 is 2.71 bits per heavy atom. The highest BCUT2D eigenvalue weighted by Crippen LogP contribution is 2.33. The van der Waals surface area contributed by atoms with Crippen molar-refractivity contribution in [2.75, 3.05) is 17.7 Å². The van der Waals surface area contributed by atoms with Crippen molar-refractivity contribution in [2.24, 2.45) is 7.05 Å². The molecule has 0 aliphatic carbocycles. The monoisotopic (exact) mass is 418 g/mol. The molecule has 0 fully saturated rings. The maximum absolute atomic E-state index is 12.6. The zero-order valence-corrected chi connectivity index (χ0v) is 17.9. The van der Waals surface area contributed by atoms with Crippen LogP contribution in [0, 0.1) is 13.8 Å². The molecule has 2 heterocycles. The quantitative estimate of drug-likeness (QED) is 0.564. The highest BCUT2D eigenvalue weighted by Gasteiger charge is 2.20. The van der Waals surface area contributed by atoms with E-state index in [-0.39, 0.29) is 11.2 Å². The van der Waals surface area contributed by atoms with Crippen LogP contribution >= 0.6 is 23.1 Å². The van der Waals surface area contributed by atoms with Crippen LogP contribution in [0.15, 0.2) is 28.6 Å². The molecule has 1 aromatic carbocycles. The number of rotatable bonds is 7. The smallest absolute Gasteiger partial charge is 0.237 e. The number of aryl methyl sites for hydroxylation is 2. The first kappa shape index (κ1) is 20.2. The van der Waals surface area contributed by atoms with Gasteiger partial charge in [-0.2, -0.15) is 5.10 Å². The van der Waals surface area contributed by atoms with Gasteiger partial charge in [-0.1, -0.05) is 35.2 Å². The number of carbonyl (C=O) groups excluding carboxylic acids is 1. The van der Waals surface area contributed by atoms with E-state index in [4.69, 9.17) is 4.74 Å². The van der Waals surface area contributed by atoms with E-state index in [9.17, 15) is 4.79 Å². The zero-order valence-electron chi connectivity index (χ0n) is 16.3. The van der Waals surface area contributed by atoms with Crippen LogP contribution in [0.5, 0.6) is 5.75 Å². The molecule has 3 aromatic rings. The number of anilines is 3. The lowest BCUT2D eigenvalue weighted by Crippen LogP contribution is -2.23. The Hall–Kier alpha value is -2.59. The summed E-state index contributed by atoms with van der Waals surface area (Å²) in [5, 5.41) is 19.1. The molecule has 0 bridgehead atoms. The largest absolute Gasteiger partial charge is 0.495 e. The van der Waals surface area contributed by atoms with Crippen molar-refractivity contribution in [1.82, 2.24) is 20.0 Å². The first-order valence-electron chi connectivity index (χ1n) is 8.60. The van der Waals surface area contributed by atoms with Gasteiger partial charge < -0.3 is 15.4 Å². The summed E-state index contributed by atoms with van der Waals surface area (Å²) in [4.78, 5) is 12.6. The van der Waals surface area contributed by atoms with Gasteiger partial charge in [0.05, 0.1) is 35.1 Å². The highest BCUT2D eigenvalue weighted by atomic mass is 32.2. The summed E-state index contributed by atoms with van der Waals surface area (Å²) >= 11 is 2.75. The predicted molar refractivity (Wildman–Crippen MR) is 113 cm³/mol. The number of hydrogen-bond acceptors (Lipinski definition) is 8. The Bertz CT molecular complexity index is 984. The number of nitrogens with one attached hydrogen (secondary N) is 2. The Balaban J connectivity index is 1.63. The standard InChI is InChI=1S/C18H22N6O2S2/c1-10-15(11(2)24(4)23-10)20-16(25)12(3)27-18-22-21-17(28-18)19-13-8-6-7-9-14(13)26-5/h6-9,12H,1-5H3,(H,19,21)(H,20,25)/t12-/m1/s1. The van der Waals surface area contributed by atoms with Crippen molar-refractivity contribution in [3.63, 3.8) is 0 Å². The third kappa shape index (κ3) is 4.45. The number of thioether (sulfide) groups is 1. The van der Waals surface area contributed by atoms with Crippen LogP contribution in [-0.4, -0.2) is 38.2 Å². The number of carbonyl (C=O) groups is 1. The van der Waals surface area contributed by atoms with Crippen LogP contribution in [0.3, 0.4) is 0 Å². The first-order chi connectivity index (χ1) is 13.4. The number of para-hydroxylation sites is 2. The third-order valence-corrected chi connectivity index (χ3v) is 6.18. The second kappa shape index (κ2) is 8.61. The van der Waals surface area contributed by atoms with Gasteiger partial charge in [-0.15, -0.1) is 10.2 Å². The molecule has 148 valence electrons. The average Bonchev–Trinajstić information content (AvgIpc) is 3.21. The SMILES string of the molecule is COc1ccccc1Nc1nnc(S[C@H](C)C(=O)Nc2c(C)nn(C)c2C)s1. The van der Waals surface area contributed by atoms with E-state index >= 15 is 0 Å². The minimum atomic E-state index is -0.328. The lowest BCUT2D eigenvalue weighted by atomic mass is 10.3. The van der Waals surface area contributed by atoms with Crippen LogP contribution in [-0.2, 0) is 11.8 Å². The molecule has 0 radical (unpaired) electrons. The number of nitrogens with zero attached hydrogens (tertiary/aromatic N) is 4.